The number of benzene rings is 2. The van der Waals surface area contributed by atoms with Crippen LogP contribution in [0.1, 0.15) is 43.9 Å². The molecule has 5 heteroatoms. The van der Waals surface area contributed by atoms with Gasteiger partial charge in [0.25, 0.3) is 5.91 Å². The predicted octanol–water partition coefficient (Wildman–Crippen LogP) is 5.52. The van der Waals surface area contributed by atoms with Gasteiger partial charge in [-0.3, -0.25) is 9.78 Å². The first kappa shape index (κ1) is 20.0. The van der Waals surface area contributed by atoms with E-state index in [1.54, 1.807) is 18.5 Å². The summed E-state index contributed by atoms with van der Waals surface area (Å²) in [6.07, 6.45) is 5.54. The Balaban J connectivity index is 1.53. The zero-order valence-corrected chi connectivity index (χ0v) is 17.3. The number of aryl methyl sites for hydroxylation is 1. The summed E-state index contributed by atoms with van der Waals surface area (Å²) < 4.78 is 6.22. The summed E-state index contributed by atoms with van der Waals surface area (Å²) in [5.41, 5.74) is 2.88. The van der Waals surface area contributed by atoms with E-state index < -0.39 is 0 Å². The number of rotatable bonds is 6. The number of nitrogens with zero attached hydrogens (tertiary/aromatic N) is 2. The first-order valence-electron chi connectivity index (χ1n) is 10.4. The maximum atomic E-state index is 12.8. The highest BCUT2D eigenvalue weighted by molar-refractivity contribution is 5.91. The molecule has 1 aromatic heterocycles. The van der Waals surface area contributed by atoms with Gasteiger partial charge in [0.05, 0.1) is 6.20 Å². The van der Waals surface area contributed by atoms with Gasteiger partial charge >= 0.3 is 0 Å². The van der Waals surface area contributed by atoms with Gasteiger partial charge in [-0.05, 0) is 60.2 Å². The van der Waals surface area contributed by atoms with Crippen molar-refractivity contribution in [2.45, 2.75) is 39.2 Å². The molecule has 5 nitrogen and oxygen atoms in total. The molecule has 2 heterocycles. The van der Waals surface area contributed by atoms with Crippen LogP contribution in [0.5, 0.6) is 11.5 Å². The zero-order valence-electron chi connectivity index (χ0n) is 17.3. The monoisotopic (exact) mass is 402 g/mol. The second-order valence-corrected chi connectivity index (χ2v) is 7.91. The Morgan fingerprint density at radius 3 is 2.73 bits per heavy atom. The quantitative estimate of drug-likeness (QED) is 0.509. The van der Waals surface area contributed by atoms with Crippen LogP contribution in [0.3, 0.4) is 0 Å². The maximum absolute atomic E-state index is 12.8. The Kier molecular flexibility index (Phi) is 5.98. The number of amides is 1. The lowest BCUT2D eigenvalue weighted by Crippen LogP contribution is -2.35. The minimum absolute atomic E-state index is 0.0602. The second-order valence-electron chi connectivity index (χ2n) is 7.91. The van der Waals surface area contributed by atoms with E-state index in [1.165, 1.54) is 10.6 Å². The van der Waals surface area contributed by atoms with E-state index in [0.717, 1.165) is 24.2 Å². The van der Waals surface area contributed by atoms with Crippen LogP contribution in [0.15, 0.2) is 73.1 Å². The summed E-state index contributed by atoms with van der Waals surface area (Å²) >= 11 is 0. The molecule has 0 radical (unpaired) electrons. The highest BCUT2D eigenvalue weighted by Gasteiger charge is 2.24. The third-order valence-corrected chi connectivity index (χ3v) is 5.03. The van der Waals surface area contributed by atoms with Crippen molar-refractivity contribution in [2.24, 2.45) is 5.92 Å². The summed E-state index contributed by atoms with van der Waals surface area (Å²) in [5, 5.41) is 1.34. The largest absolute Gasteiger partial charge is 0.485 e. The summed E-state index contributed by atoms with van der Waals surface area (Å²) in [5.74, 6) is 1.60. The third kappa shape index (κ3) is 4.62. The molecule has 1 aliphatic heterocycles. The molecule has 30 heavy (non-hydrogen) atoms. The molecule has 4 rings (SSSR count). The maximum Gasteiger partial charge on any atom is 0.260 e. The van der Waals surface area contributed by atoms with Crippen molar-refractivity contribution in [1.29, 1.82) is 0 Å². The normalized spacial score (nSPS) is 15.2. The van der Waals surface area contributed by atoms with Gasteiger partial charge in [0, 0.05) is 12.6 Å². The molecular weight excluding hydrogens is 376 g/mol. The number of hydrogen-bond acceptors (Lipinski definition) is 4. The number of anilines is 1. The van der Waals surface area contributed by atoms with Crippen LogP contribution in [0.2, 0.25) is 0 Å². The topological polar surface area (TPSA) is 51.7 Å². The molecule has 1 aliphatic rings. The van der Waals surface area contributed by atoms with Gasteiger partial charge in [-0.25, -0.2) is 0 Å². The number of fused-ring (bicyclic) bond motifs is 1. The number of aromatic nitrogens is 1. The summed E-state index contributed by atoms with van der Waals surface area (Å²) in [7, 11) is 0. The van der Waals surface area contributed by atoms with Crippen LogP contribution in [0.4, 0.5) is 5.69 Å². The molecule has 0 spiro atoms. The molecule has 0 fully saturated rings. The average Bonchev–Trinajstić information content (AvgIpc) is 2.77. The molecule has 0 aliphatic carbocycles. The average molecular weight is 402 g/mol. The number of carbonyl (C=O) groups is 1. The van der Waals surface area contributed by atoms with E-state index in [9.17, 15) is 4.79 Å². The van der Waals surface area contributed by atoms with Crippen LogP contribution in [-0.4, -0.2) is 10.9 Å². The molecule has 1 atom stereocenters. The van der Waals surface area contributed by atoms with Crippen molar-refractivity contribution < 1.29 is 14.4 Å². The molecule has 0 bridgehead atoms. The lowest BCUT2D eigenvalue weighted by Gasteiger charge is -2.28. The first-order chi connectivity index (χ1) is 14.6. The molecule has 154 valence electrons. The smallest absolute Gasteiger partial charge is 0.260 e. The minimum Gasteiger partial charge on any atom is -0.485 e. The highest BCUT2D eigenvalue weighted by Crippen LogP contribution is 2.37. The Morgan fingerprint density at radius 1 is 1.17 bits per heavy atom. The van der Waals surface area contributed by atoms with E-state index in [-0.39, 0.29) is 17.9 Å². The van der Waals surface area contributed by atoms with Gasteiger partial charge in [0.2, 0.25) is 0 Å². The lowest BCUT2D eigenvalue weighted by atomic mass is 9.97. The molecule has 0 saturated carbocycles. The zero-order chi connectivity index (χ0) is 20.9. The SMILES string of the molecule is CC(C)CC(=O)N(Oc1ccc2c(c1)CCC(c1ccccc1)O2)c1cccnc1. The molecule has 1 unspecified atom stereocenters. The fraction of sp³-hybridized carbons (Fsp3) is 0.280. The van der Waals surface area contributed by atoms with Crippen LogP contribution in [0.25, 0.3) is 0 Å². The molecule has 0 saturated heterocycles. The van der Waals surface area contributed by atoms with Crippen LogP contribution < -0.4 is 14.6 Å². The molecule has 1 amide bonds. The first-order valence-corrected chi connectivity index (χ1v) is 10.4. The van der Waals surface area contributed by atoms with Gasteiger partial charge in [-0.1, -0.05) is 44.2 Å². The number of ether oxygens (including phenoxy) is 1. The number of carbonyl (C=O) groups excluding carboxylic acids is 1. The van der Waals surface area contributed by atoms with E-state index in [2.05, 4.69) is 17.1 Å². The third-order valence-electron chi connectivity index (χ3n) is 5.03. The number of hydrogen-bond donors (Lipinski definition) is 0. The minimum atomic E-state index is -0.101. The Morgan fingerprint density at radius 2 is 2.00 bits per heavy atom. The van der Waals surface area contributed by atoms with Crippen molar-refractivity contribution in [3.8, 4) is 11.5 Å². The summed E-state index contributed by atoms with van der Waals surface area (Å²) in [4.78, 5) is 22.9. The Hall–Kier alpha value is -3.34. The van der Waals surface area contributed by atoms with E-state index in [1.807, 2.05) is 56.3 Å². The Bertz CT molecular complexity index is 990. The van der Waals surface area contributed by atoms with E-state index >= 15 is 0 Å². The van der Waals surface area contributed by atoms with E-state index in [0.29, 0.717) is 17.9 Å². The summed E-state index contributed by atoms with van der Waals surface area (Å²) in [6, 6.07) is 19.6. The summed E-state index contributed by atoms with van der Waals surface area (Å²) in [6.45, 7) is 4.03. The van der Waals surface area contributed by atoms with Crippen LogP contribution in [-0.2, 0) is 11.2 Å². The van der Waals surface area contributed by atoms with Gasteiger partial charge in [-0.15, -0.1) is 5.06 Å². The standard InChI is InChI=1S/C25H26N2O3/c1-18(2)15-25(28)27(21-9-6-14-26-17-21)30-22-11-13-24-20(16-22)10-12-23(29-24)19-7-4-3-5-8-19/h3-9,11,13-14,16-18,23H,10,12,15H2,1-2H3. The van der Waals surface area contributed by atoms with Crippen LogP contribution in [0, 0.1) is 5.92 Å². The predicted molar refractivity (Wildman–Crippen MR) is 116 cm³/mol. The van der Waals surface area contributed by atoms with Gasteiger partial charge in [0.15, 0.2) is 5.75 Å². The molecule has 3 aromatic rings. The fourth-order valence-electron chi connectivity index (χ4n) is 3.58. The van der Waals surface area contributed by atoms with Crippen LogP contribution >= 0.6 is 0 Å². The van der Waals surface area contributed by atoms with Gasteiger partial charge in [0.1, 0.15) is 17.5 Å². The number of pyridine rings is 1. The second kappa shape index (κ2) is 8.99. The number of hydroxylamine groups is 1. The fourth-order valence-corrected chi connectivity index (χ4v) is 3.58. The highest BCUT2D eigenvalue weighted by atomic mass is 16.7. The van der Waals surface area contributed by atoms with Crippen molar-refractivity contribution in [3.05, 3.63) is 84.2 Å². The van der Waals surface area contributed by atoms with Crippen molar-refractivity contribution in [3.63, 3.8) is 0 Å². The van der Waals surface area contributed by atoms with Crippen molar-refractivity contribution in [1.82, 2.24) is 4.98 Å². The molecular formula is C25H26N2O3. The molecule has 2 aromatic carbocycles. The lowest BCUT2D eigenvalue weighted by molar-refractivity contribution is -0.123. The van der Waals surface area contributed by atoms with Crippen molar-refractivity contribution in [2.75, 3.05) is 5.06 Å². The van der Waals surface area contributed by atoms with Crippen molar-refractivity contribution >= 4 is 11.6 Å². The van der Waals surface area contributed by atoms with Gasteiger partial charge < -0.3 is 9.57 Å². The Labute approximate surface area is 177 Å². The van der Waals surface area contributed by atoms with Gasteiger partial charge in [-0.2, -0.15) is 0 Å². The van der Waals surface area contributed by atoms with E-state index in [4.69, 9.17) is 9.57 Å². The molecule has 0 N–H and O–H groups in total.